The van der Waals surface area contributed by atoms with Crippen LogP contribution in [-0.4, -0.2) is 158 Å². The van der Waals surface area contributed by atoms with E-state index in [0.29, 0.717) is 45.6 Å². The summed E-state index contributed by atoms with van der Waals surface area (Å²) in [5.41, 5.74) is 2.28. The van der Waals surface area contributed by atoms with Gasteiger partial charge in [0, 0.05) is 67.5 Å². The van der Waals surface area contributed by atoms with Gasteiger partial charge in [0.15, 0.2) is 17.4 Å². The van der Waals surface area contributed by atoms with E-state index in [1.54, 1.807) is 20.8 Å². The average Bonchev–Trinajstić information content (AvgIpc) is 3.18. The molecule has 60 heavy (non-hydrogen) atoms. The summed E-state index contributed by atoms with van der Waals surface area (Å²) in [5.74, 6) is -3.78. The fraction of sp³-hybridized carbons (Fsp3) is 0.583. The molecule has 0 unspecified atom stereocenters. The topological polar surface area (TPSA) is 272 Å². The standard InChI is InChI=1S/2C12H17BN2O5.C12H17BN2O4S/c1-2-19-10(16)4-3-9(14-12(13)18)7-8-5-6-20-15-11(8)17;2*1-2-19-10(16)4-3-8(15-12(13)18)7-9-11(17)14-5-6-20-9/h3-4,8-9H,2,5-7H2,1H3,(H,14,18)(H,15,17);2*3-4,8-9H,2,5-7H2,1H3,(H,14,17)(H,15,18)/t3*8-,9+/m011/s1. The van der Waals surface area contributed by atoms with Crippen LogP contribution in [0.25, 0.3) is 0 Å². The predicted octanol–water partition coefficient (Wildman–Crippen LogP) is -0.958. The Morgan fingerprint density at radius 2 is 1.15 bits per heavy atom. The fourth-order valence-electron chi connectivity index (χ4n) is 5.27. The summed E-state index contributed by atoms with van der Waals surface area (Å²) in [4.78, 5) is 106. The number of nitrogens with one attached hydrogen (secondary N) is 6. The van der Waals surface area contributed by atoms with Gasteiger partial charge in [0.1, 0.15) is 6.10 Å². The number of amides is 6. The number of thioether (sulfide) groups is 1. The monoisotopic (exact) mass is 856 g/mol. The van der Waals surface area contributed by atoms with Crippen molar-refractivity contribution in [1.82, 2.24) is 32.1 Å². The van der Waals surface area contributed by atoms with Gasteiger partial charge in [0.2, 0.25) is 41.3 Å². The summed E-state index contributed by atoms with van der Waals surface area (Å²) in [6.45, 7) is 7.79. The Labute approximate surface area is 356 Å². The van der Waals surface area contributed by atoms with Crippen LogP contribution < -0.4 is 32.1 Å². The largest absolute Gasteiger partial charge is 0.463 e. The van der Waals surface area contributed by atoms with Crippen LogP contribution in [0, 0.1) is 5.92 Å². The maximum absolute atomic E-state index is 11.7. The van der Waals surface area contributed by atoms with E-state index in [2.05, 4.69) is 32.1 Å². The molecule has 3 aliphatic rings. The molecule has 24 heteroatoms. The smallest absolute Gasteiger partial charge is 0.330 e. The fourth-order valence-corrected chi connectivity index (χ4v) is 6.35. The van der Waals surface area contributed by atoms with Gasteiger partial charge >= 0.3 is 17.9 Å². The number of carbonyl (C=O) groups is 9. The molecule has 0 aliphatic carbocycles. The molecule has 324 valence electrons. The van der Waals surface area contributed by atoms with E-state index in [1.165, 1.54) is 48.2 Å². The lowest BCUT2D eigenvalue weighted by atomic mass is 9.94. The number of ether oxygens (including phenoxy) is 4. The molecule has 6 amide bonds. The highest BCUT2D eigenvalue weighted by Crippen LogP contribution is 2.20. The van der Waals surface area contributed by atoms with E-state index in [4.69, 9.17) is 47.3 Å². The summed E-state index contributed by atoms with van der Waals surface area (Å²) in [6, 6.07) is -1.60. The van der Waals surface area contributed by atoms with Crippen LogP contribution in [0.1, 0.15) is 46.5 Å². The van der Waals surface area contributed by atoms with Crippen molar-refractivity contribution in [3.05, 3.63) is 36.5 Å². The lowest BCUT2D eigenvalue weighted by molar-refractivity contribution is -0.146. The van der Waals surface area contributed by atoms with Gasteiger partial charge in [0.25, 0.3) is 0 Å². The van der Waals surface area contributed by atoms with Gasteiger partial charge in [-0.3, -0.25) is 33.6 Å². The second kappa shape index (κ2) is 30.9. The highest BCUT2D eigenvalue weighted by atomic mass is 32.2. The first kappa shape index (κ1) is 52.9. The van der Waals surface area contributed by atoms with Gasteiger partial charge in [-0.15, -0.1) is 11.8 Å². The Kier molecular flexibility index (Phi) is 27.2. The molecule has 0 aromatic rings. The number of esters is 3. The van der Waals surface area contributed by atoms with Crippen LogP contribution in [0.2, 0.25) is 0 Å². The minimum absolute atomic E-state index is 0.0675. The van der Waals surface area contributed by atoms with E-state index in [0.717, 1.165) is 5.75 Å². The number of hydroxylamine groups is 1. The third kappa shape index (κ3) is 24.7. The maximum Gasteiger partial charge on any atom is 0.330 e. The van der Waals surface area contributed by atoms with Crippen molar-refractivity contribution in [1.29, 1.82) is 0 Å². The van der Waals surface area contributed by atoms with Crippen LogP contribution in [0.3, 0.4) is 0 Å². The van der Waals surface area contributed by atoms with Gasteiger partial charge in [-0.05, 0) is 40.0 Å². The number of hydrogen-bond acceptors (Lipinski definition) is 15. The molecule has 6 N–H and O–H groups in total. The molecule has 6 radical (unpaired) electrons. The van der Waals surface area contributed by atoms with Crippen molar-refractivity contribution in [2.45, 2.75) is 75.9 Å². The molecule has 6 atom stereocenters. The van der Waals surface area contributed by atoms with Gasteiger partial charge < -0.3 is 45.5 Å². The first-order valence-electron chi connectivity index (χ1n) is 19.0. The zero-order chi connectivity index (χ0) is 44.9. The Balaban J connectivity index is 0.000000450. The second-order valence-electron chi connectivity index (χ2n) is 12.5. The summed E-state index contributed by atoms with van der Waals surface area (Å²) < 4.78 is 19.5. The maximum atomic E-state index is 11.7. The van der Waals surface area contributed by atoms with Crippen LogP contribution in [0.4, 0.5) is 14.4 Å². The Morgan fingerprint density at radius 1 is 0.683 bits per heavy atom. The first-order valence-corrected chi connectivity index (χ1v) is 20.1. The Morgan fingerprint density at radius 3 is 1.58 bits per heavy atom. The van der Waals surface area contributed by atoms with Crippen molar-refractivity contribution in [3.8, 4) is 0 Å². The zero-order valence-electron chi connectivity index (χ0n) is 33.8. The molecule has 3 heterocycles. The van der Waals surface area contributed by atoms with Crippen LogP contribution in [-0.2, 0) is 52.6 Å². The highest BCUT2D eigenvalue weighted by Gasteiger charge is 2.28. The van der Waals surface area contributed by atoms with Gasteiger partial charge in [-0.25, -0.2) is 19.9 Å². The lowest BCUT2D eigenvalue weighted by Gasteiger charge is -2.25. The third-order valence-corrected chi connectivity index (χ3v) is 9.10. The van der Waals surface area contributed by atoms with Gasteiger partial charge in [-0.2, -0.15) is 0 Å². The number of rotatable bonds is 18. The van der Waals surface area contributed by atoms with Crippen molar-refractivity contribution >= 4 is 88.3 Å². The summed E-state index contributed by atoms with van der Waals surface area (Å²) >= 11 is 1.52. The summed E-state index contributed by atoms with van der Waals surface area (Å²) in [5, 5.41) is 12.5. The molecule has 0 spiro atoms. The summed E-state index contributed by atoms with van der Waals surface area (Å²) in [7, 11) is 15.2. The molecule has 3 aliphatic heterocycles. The van der Waals surface area contributed by atoms with Crippen molar-refractivity contribution in [2.24, 2.45) is 5.92 Å². The minimum Gasteiger partial charge on any atom is -0.463 e. The molecular formula is C36H51B3N6O14S. The average molecular weight is 856 g/mol. The van der Waals surface area contributed by atoms with E-state index in [9.17, 15) is 43.2 Å². The molecule has 0 aromatic carbocycles. The molecule has 0 saturated carbocycles. The number of hydrogen-bond donors (Lipinski definition) is 6. The minimum atomic E-state index is -0.750. The van der Waals surface area contributed by atoms with E-state index < -0.39 is 59.6 Å². The number of carbonyl (C=O) groups excluding carboxylic acids is 9. The lowest BCUT2D eigenvalue weighted by Crippen LogP contribution is -2.47. The molecule has 0 bridgehead atoms. The van der Waals surface area contributed by atoms with Gasteiger partial charge in [0.05, 0.1) is 38.3 Å². The van der Waals surface area contributed by atoms with Crippen LogP contribution in [0.5, 0.6) is 0 Å². The summed E-state index contributed by atoms with van der Waals surface area (Å²) in [6.07, 6.45) is 8.74. The highest BCUT2D eigenvalue weighted by molar-refractivity contribution is 8.00. The third-order valence-electron chi connectivity index (χ3n) is 7.85. The van der Waals surface area contributed by atoms with Gasteiger partial charge in [-0.1, -0.05) is 18.2 Å². The molecular weight excluding hydrogens is 805 g/mol. The van der Waals surface area contributed by atoms with Crippen LogP contribution in [0.15, 0.2) is 36.5 Å². The number of morpholine rings is 1. The van der Waals surface area contributed by atoms with Crippen molar-refractivity contribution < 1.29 is 66.9 Å². The molecule has 0 aromatic heterocycles. The SMILES string of the molecule is [B]C(=O)N[C@H](C=CC(=O)OCC)C[C@@H]1CCONC1=O.[B]C(=O)N[C@H](C=CC(=O)OCC)C[C@@H]1OCCNC1=O.[B]C(=O)N[C@H](C=CC(=O)OCC)C[C@@H]1SCCNC1=O. The quantitative estimate of drug-likeness (QED) is 0.0420. The van der Waals surface area contributed by atoms with Crippen molar-refractivity contribution in [3.63, 3.8) is 0 Å². The second-order valence-corrected chi connectivity index (χ2v) is 13.8. The molecule has 3 fully saturated rings. The van der Waals surface area contributed by atoms with E-state index >= 15 is 0 Å². The molecule has 3 saturated heterocycles. The Hall–Kier alpha value is -5.09. The van der Waals surface area contributed by atoms with Crippen LogP contribution >= 0.6 is 11.8 Å². The predicted molar refractivity (Wildman–Crippen MR) is 220 cm³/mol. The van der Waals surface area contributed by atoms with E-state index in [1.807, 2.05) is 0 Å². The zero-order valence-corrected chi connectivity index (χ0v) is 34.6. The first-order chi connectivity index (χ1) is 28.6. The molecule has 3 rings (SSSR count). The Bertz CT molecular complexity index is 1380. The van der Waals surface area contributed by atoms with E-state index in [-0.39, 0.29) is 55.1 Å². The molecule has 20 nitrogen and oxygen atoms in total. The normalized spacial score (nSPS) is 20.2. The van der Waals surface area contributed by atoms with Crippen molar-refractivity contribution in [2.75, 3.05) is 51.9 Å².